The first-order chi connectivity index (χ1) is 8.84. The molecule has 0 radical (unpaired) electrons. The lowest BCUT2D eigenvalue weighted by Crippen LogP contribution is -2.01. The first kappa shape index (κ1) is 11.2. The zero-order chi connectivity index (χ0) is 12.4. The van der Waals surface area contributed by atoms with Crippen molar-refractivity contribution in [3.63, 3.8) is 0 Å². The van der Waals surface area contributed by atoms with Crippen LogP contribution in [0.2, 0.25) is 0 Å². The number of hydrogen-bond acceptors (Lipinski definition) is 2. The minimum absolute atomic E-state index is 0.684. The molecule has 0 amide bonds. The molecule has 0 heterocycles. The second kappa shape index (κ2) is 4.77. The van der Waals surface area contributed by atoms with Gasteiger partial charge in [-0.2, -0.15) is 0 Å². The molecular formula is C15H17N3. The van der Waals surface area contributed by atoms with E-state index in [0.717, 1.165) is 29.7 Å². The van der Waals surface area contributed by atoms with E-state index in [1.807, 2.05) is 18.2 Å². The highest BCUT2D eigenvalue weighted by Gasteiger charge is 2.44. The van der Waals surface area contributed by atoms with E-state index in [1.165, 1.54) is 0 Å². The van der Waals surface area contributed by atoms with Gasteiger partial charge in [-0.05, 0) is 42.4 Å². The highest BCUT2D eigenvalue weighted by atomic mass is 15.4. The third-order valence-electron chi connectivity index (χ3n) is 3.70. The molecule has 3 aliphatic rings. The fraction of sp³-hybridized carbons (Fsp3) is 0.333. The van der Waals surface area contributed by atoms with Gasteiger partial charge in [0.1, 0.15) is 0 Å². The third-order valence-corrected chi connectivity index (χ3v) is 3.70. The highest BCUT2D eigenvalue weighted by Crippen LogP contribution is 2.50. The maximum atomic E-state index is 4.21. The van der Waals surface area contributed by atoms with E-state index in [9.17, 15) is 0 Å². The molecule has 1 saturated carbocycles. The SMILES string of the molecule is CC1C2C=CC(N=NNC3=CC=CCC=C3)=CC12. The highest BCUT2D eigenvalue weighted by molar-refractivity contribution is 5.31. The van der Waals surface area contributed by atoms with Crippen molar-refractivity contribution in [1.29, 1.82) is 0 Å². The molecule has 0 aliphatic heterocycles. The summed E-state index contributed by atoms with van der Waals surface area (Å²) in [6, 6.07) is 0. The standard InChI is InChI=1S/C15H17N3/c1-11-14-9-8-13(10-15(11)14)17-18-16-12-6-4-2-3-5-7-12/h2,4-11,14-15H,3H2,1H3,(H,16,17). The van der Waals surface area contributed by atoms with Gasteiger partial charge in [0.15, 0.2) is 0 Å². The molecule has 3 aliphatic carbocycles. The topological polar surface area (TPSA) is 36.8 Å². The van der Waals surface area contributed by atoms with Crippen molar-refractivity contribution >= 4 is 0 Å². The summed E-state index contributed by atoms with van der Waals surface area (Å²) in [6.45, 7) is 2.28. The van der Waals surface area contributed by atoms with Crippen molar-refractivity contribution in [1.82, 2.24) is 5.43 Å². The summed E-state index contributed by atoms with van der Waals surface area (Å²) in [5.74, 6) is 2.21. The minimum Gasteiger partial charge on any atom is -0.260 e. The minimum atomic E-state index is 0.684. The molecule has 3 atom stereocenters. The van der Waals surface area contributed by atoms with Crippen LogP contribution in [0.1, 0.15) is 13.3 Å². The van der Waals surface area contributed by atoms with Crippen molar-refractivity contribution in [3.8, 4) is 0 Å². The van der Waals surface area contributed by atoms with Crippen molar-refractivity contribution in [2.75, 3.05) is 0 Å². The third kappa shape index (κ3) is 2.35. The van der Waals surface area contributed by atoms with Gasteiger partial charge in [-0.15, -0.1) is 5.11 Å². The van der Waals surface area contributed by atoms with Gasteiger partial charge in [0, 0.05) is 0 Å². The molecule has 0 aromatic rings. The normalized spacial score (nSPS) is 32.8. The van der Waals surface area contributed by atoms with E-state index in [4.69, 9.17) is 0 Å². The van der Waals surface area contributed by atoms with Crippen LogP contribution in [0.3, 0.4) is 0 Å². The summed E-state index contributed by atoms with van der Waals surface area (Å²) >= 11 is 0. The van der Waals surface area contributed by atoms with Crippen LogP contribution < -0.4 is 5.43 Å². The molecule has 92 valence electrons. The molecule has 1 fully saturated rings. The Morgan fingerprint density at radius 1 is 1.22 bits per heavy atom. The van der Waals surface area contributed by atoms with Gasteiger partial charge in [-0.3, -0.25) is 5.43 Å². The molecule has 18 heavy (non-hydrogen) atoms. The zero-order valence-corrected chi connectivity index (χ0v) is 10.5. The second-order valence-corrected chi connectivity index (χ2v) is 4.96. The number of fused-ring (bicyclic) bond motifs is 1. The summed E-state index contributed by atoms with van der Waals surface area (Å²) in [5.41, 5.74) is 4.88. The van der Waals surface area contributed by atoms with Crippen LogP contribution in [0.15, 0.2) is 70.3 Å². The Morgan fingerprint density at radius 3 is 3.06 bits per heavy atom. The van der Waals surface area contributed by atoms with Crippen LogP contribution in [0.4, 0.5) is 0 Å². The Kier molecular flexibility index (Phi) is 2.97. The van der Waals surface area contributed by atoms with Gasteiger partial charge >= 0.3 is 0 Å². The van der Waals surface area contributed by atoms with Crippen LogP contribution >= 0.6 is 0 Å². The molecule has 3 nitrogen and oxygen atoms in total. The molecule has 3 heteroatoms. The molecule has 3 unspecified atom stereocenters. The summed E-state index contributed by atoms with van der Waals surface area (Å²) in [7, 11) is 0. The average molecular weight is 239 g/mol. The quantitative estimate of drug-likeness (QED) is 0.592. The molecule has 0 aromatic carbocycles. The Balaban J connectivity index is 1.59. The van der Waals surface area contributed by atoms with Crippen molar-refractivity contribution in [2.45, 2.75) is 13.3 Å². The number of rotatable bonds is 3. The molecule has 0 bridgehead atoms. The second-order valence-electron chi connectivity index (χ2n) is 4.96. The first-order valence-corrected chi connectivity index (χ1v) is 6.45. The summed E-state index contributed by atoms with van der Waals surface area (Å²) in [4.78, 5) is 0. The van der Waals surface area contributed by atoms with Crippen molar-refractivity contribution in [3.05, 3.63) is 60.0 Å². The Labute approximate surface area is 107 Å². The Hall–Kier alpha value is -1.90. The van der Waals surface area contributed by atoms with Crippen LogP contribution in [0, 0.1) is 17.8 Å². The molecule has 3 rings (SSSR count). The van der Waals surface area contributed by atoms with Crippen LogP contribution in [0.5, 0.6) is 0 Å². The smallest absolute Gasteiger partial charge is 0.0834 e. The van der Waals surface area contributed by atoms with Crippen LogP contribution in [0.25, 0.3) is 0 Å². The lowest BCUT2D eigenvalue weighted by atomic mass is 10.2. The summed E-state index contributed by atoms with van der Waals surface area (Å²) < 4.78 is 0. The van der Waals surface area contributed by atoms with Crippen LogP contribution in [-0.2, 0) is 0 Å². The number of hydrogen-bond donors (Lipinski definition) is 1. The van der Waals surface area contributed by atoms with E-state index in [-0.39, 0.29) is 0 Å². The maximum Gasteiger partial charge on any atom is 0.0834 e. The van der Waals surface area contributed by atoms with E-state index in [2.05, 4.69) is 53.1 Å². The lowest BCUT2D eigenvalue weighted by molar-refractivity contribution is 0.815. The largest absolute Gasteiger partial charge is 0.260 e. The predicted octanol–water partition coefficient (Wildman–Crippen LogP) is 3.68. The van der Waals surface area contributed by atoms with Crippen LogP contribution in [-0.4, -0.2) is 0 Å². The number of allylic oxidation sites excluding steroid dienone is 8. The predicted molar refractivity (Wildman–Crippen MR) is 72.3 cm³/mol. The monoisotopic (exact) mass is 239 g/mol. The molecule has 0 saturated heterocycles. The molecule has 0 aromatic heterocycles. The van der Waals surface area contributed by atoms with E-state index in [1.54, 1.807) is 0 Å². The molecule has 1 N–H and O–H groups in total. The van der Waals surface area contributed by atoms with E-state index < -0.39 is 0 Å². The van der Waals surface area contributed by atoms with Gasteiger partial charge in [0.2, 0.25) is 0 Å². The maximum absolute atomic E-state index is 4.21. The number of nitrogens with one attached hydrogen (secondary N) is 1. The molecule has 0 spiro atoms. The fourth-order valence-corrected chi connectivity index (χ4v) is 2.42. The first-order valence-electron chi connectivity index (χ1n) is 6.45. The number of nitrogens with zero attached hydrogens (tertiary/aromatic N) is 2. The van der Waals surface area contributed by atoms with E-state index in [0.29, 0.717) is 5.92 Å². The average Bonchev–Trinajstić information content (AvgIpc) is 3.10. The summed E-state index contributed by atoms with van der Waals surface area (Å²) in [6.07, 6.45) is 17.7. The Bertz CT molecular complexity index is 506. The van der Waals surface area contributed by atoms with Gasteiger partial charge < -0.3 is 0 Å². The lowest BCUT2D eigenvalue weighted by Gasteiger charge is -2.00. The van der Waals surface area contributed by atoms with Gasteiger partial charge in [0.25, 0.3) is 0 Å². The van der Waals surface area contributed by atoms with Crippen molar-refractivity contribution < 1.29 is 0 Å². The Morgan fingerprint density at radius 2 is 2.17 bits per heavy atom. The van der Waals surface area contributed by atoms with E-state index >= 15 is 0 Å². The van der Waals surface area contributed by atoms with Gasteiger partial charge in [-0.25, -0.2) is 0 Å². The van der Waals surface area contributed by atoms with Gasteiger partial charge in [-0.1, -0.05) is 42.5 Å². The van der Waals surface area contributed by atoms with Gasteiger partial charge in [0.05, 0.1) is 11.4 Å². The fourth-order valence-electron chi connectivity index (χ4n) is 2.42. The molecular weight excluding hydrogens is 222 g/mol. The van der Waals surface area contributed by atoms with Crippen molar-refractivity contribution in [2.24, 2.45) is 28.1 Å². The zero-order valence-electron chi connectivity index (χ0n) is 10.5. The summed E-state index contributed by atoms with van der Waals surface area (Å²) in [5, 5.41) is 8.25.